The molecule has 2 heteroatoms. The van der Waals surface area contributed by atoms with Crippen molar-refractivity contribution in [1.82, 2.24) is 0 Å². The Hall–Kier alpha value is -2.35. The maximum atomic E-state index is 11.9. The standard InChI is InChI=1S/C16H14O2/c1-12-4-2-6-14(10-12)16(18)9-8-13-5-3-7-15(17)11-13/h2-11,17H,1H3. The highest BCUT2D eigenvalue weighted by Crippen LogP contribution is 2.13. The molecule has 0 aliphatic heterocycles. The van der Waals surface area contributed by atoms with Crippen molar-refractivity contribution in [3.8, 4) is 5.75 Å². The molecule has 0 radical (unpaired) electrons. The lowest BCUT2D eigenvalue weighted by Crippen LogP contribution is -1.94. The van der Waals surface area contributed by atoms with Crippen LogP contribution < -0.4 is 0 Å². The largest absolute Gasteiger partial charge is 0.508 e. The summed E-state index contributed by atoms with van der Waals surface area (Å²) in [5.41, 5.74) is 2.54. The van der Waals surface area contributed by atoms with Crippen molar-refractivity contribution >= 4 is 11.9 Å². The average Bonchev–Trinajstić information content (AvgIpc) is 2.36. The Morgan fingerprint density at radius 1 is 1.11 bits per heavy atom. The maximum absolute atomic E-state index is 11.9. The van der Waals surface area contributed by atoms with E-state index in [-0.39, 0.29) is 11.5 Å². The molecule has 2 aromatic carbocycles. The van der Waals surface area contributed by atoms with Crippen LogP contribution in [0.1, 0.15) is 21.5 Å². The van der Waals surface area contributed by atoms with Crippen molar-refractivity contribution in [2.45, 2.75) is 6.92 Å². The van der Waals surface area contributed by atoms with Gasteiger partial charge in [0.1, 0.15) is 5.75 Å². The Morgan fingerprint density at radius 3 is 2.61 bits per heavy atom. The lowest BCUT2D eigenvalue weighted by molar-refractivity contribution is 0.104. The summed E-state index contributed by atoms with van der Waals surface area (Å²) >= 11 is 0. The van der Waals surface area contributed by atoms with Gasteiger partial charge < -0.3 is 5.11 Å². The highest BCUT2D eigenvalue weighted by atomic mass is 16.3. The van der Waals surface area contributed by atoms with Gasteiger partial charge in [-0.2, -0.15) is 0 Å². The highest BCUT2D eigenvalue weighted by Gasteiger charge is 2.01. The summed E-state index contributed by atoms with van der Waals surface area (Å²) in [7, 11) is 0. The van der Waals surface area contributed by atoms with Crippen molar-refractivity contribution in [2.75, 3.05) is 0 Å². The summed E-state index contributed by atoms with van der Waals surface area (Å²) in [4.78, 5) is 11.9. The number of aryl methyl sites for hydroxylation is 1. The number of ketones is 1. The Morgan fingerprint density at radius 2 is 1.89 bits per heavy atom. The number of rotatable bonds is 3. The summed E-state index contributed by atoms with van der Waals surface area (Å²) < 4.78 is 0. The van der Waals surface area contributed by atoms with Gasteiger partial charge in [-0.25, -0.2) is 0 Å². The lowest BCUT2D eigenvalue weighted by atomic mass is 10.1. The zero-order chi connectivity index (χ0) is 13.0. The number of carbonyl (C=O) groups is 1. The zero-order valence-electron chi connectivity index (χ0n) is 10.1. The van der Waals surface area contributed by atoms with Crippen LogP contribution in [0.4, 0.5) is 0 Å². The first-order chi connectivity index (χ1) is 8.65. The van der Waals surface area contributed by atoms with Crippen LogP contribution in [-0.4, -0.2) is 10.9 Å². The van der Waals surface area contributed by atoms with Crippen LogP contribution >= 0.6 is 0 Å². The van der Waals surface area contributed by atoms with E-state index in [2.05, 4.69) is 0 Å². The third kappa shape index (κ3) is 3.08. The summed E-state index contributed by atoms with van der Waals surface area (Å²) in [5.74, 6) is 0.155. The van der Waals surface area contributed by atoms with Gasteiger partial charge in [0, 0.05) is 5.56 Å². The molecule has 18 heavy (non-hydrogen) atoms. The average molecular weight is 238 g/mol. The van der Waals surface area contributed by atoms with Gasteiger partial charge in [0.05, 0.1) is 0 Å². The first-order valence-electron chi connectivity index (χ1n) is 5.73. The van der Waals surface area contributed by atoms with Crippen molar-refractivity contribution in [2.24, 2.45) is 0 Å². The van der Waals surface area contributed by atoms with Gasteiger partial charge in [-0.15, -0.1) is 0 Å². The molecule has 1 N–H and O–H groups in total. The van der Waals surface area contributed by atoms with E-state index in [1.54, 1.807) is 30.3 Å². The number of allylic oxidation sites excluding steroid dienone is 1. The minimum absolute atomic E-state index is 0.0398. The van der Waals surface area contributed by atoms with E-state index in [1.165, 1.54) is 6.08 Å². The molecule has 0 saturated heterocycles. The molecule has 0 heterocycles. The molecule has 0 atom stereocenters. The van der Waals surface area contributed by atoms with Gasteiger partial charge in [0.15, 0.2) is 5.78 Å². The molecule has 2 aromatic rings. The van der Waals surface area contributed by atoms with Crippen molar-refractivity contribution in [3.05, 3.63) is 71.3 Å². The molecule has 0 aromatic heterocycles. The SMILES string of the molecule is Cc1cccc(C(=O)C=Cc2cccc(O)c2)c1. The number of hydrogen-bond donors (Lipinski definition) is 1. The number of aromatic hydroxyl groups is 1. The Bertz CT molecular complexity index is 598. The van der Waals surface area contributed by atoms with Crippen LogP contribution in [-0.2, 0) is 0 Å². The smallest absolute Gasteiger partial charge is 0.185 e. The zero-order valence-corrected chi connectivity index (χ0v) is 10.1. The minimum Gasteiger partial charge on any atom is -0.508 e. The quantitative estimate of drug-likeness (QED) is 0.655. The second kappa shape index (κ2) is 5.32. The molecule has 2 nitrogen and oxygen atoms in total. The first-order valence-corrected chi connectivity index (χ1v) is 5.73. The molecule has 0 fully saturated rings. The summed E-state index contributed by atoms with van der Waals surface area (Å²) in [5, 5.41) is 9.31. The van der Waals surface area contributed by atoms with Gasteiger partial charge in [0.2, 0.25) is 0 Å². The van der Waals surface area contributed by atoms with Crippen LogP contribution in [0.5, 0.6) is 5.75 Å². The predicted molar refractivity (Wildman–Crippen MR) is 72.7 cm³/mol. The number of phenolic OH excluding ortho intramolecular Hbond substituents is 1. The van der Waals surface area contributed by atoms with Gasteiger partial charge in [-0.3, -0.25) is 4.79 Å². The fraction of sp³-hybridized carbons (Fsp3) is 0.0625. The fourth-order valence-corrected chi connectivity index (χ4v) is 1.69. The number of phenols is 1. The molecular formula is C16H14O2. The van der Waals surface area contributed by atoms with E-state index >= 15 is 0 Å². The second-order valence-electron chi connectivity index (χ2n) is 4.16. The molecule has 0 aliphatic carbocycles. The van der Waals surface area contributed by atoms with Crippen molar-refractivity contribution < 1.29 is 9.90 Å². The highest BCUT2D eigenvalue weighted by molar-refractivity contribution is 6.06. The third-order valence-electron chi connectivity index (χ3n) is 2.60. The molecule has 0 aliphatic rings. The van der Waals surface area contributed by atoms with E-state index in [9.17, 15) is 9.90 Å². The molecule has 90 valence electrons. The topological polar surface area (TPSA) is 37.3 Å². The van der Waals surface area contributed by atoms with Crippen molar-refractivity contribution in [3.63, 3.8) is 0 Å². The van der Waals surface area contributed by atoms with E-state index in [1.807, 2.05) is 31.2 Å². The first kappa shape index (κ1) is 12.1. The second-order valence-corrected chi connectivity index (χ2v) is 4.16. The molecule has 0 bridgehead atoms. The van der Waals surface area contributed by atoms with Crippen LogP contribution in [0.15, 0.2) is 54.6 Å². The molecule has 2 rings (SSSR count). The number of benzene rings is 2. The van der Waals surface area contributed by atoms with Crippen LogP contribution in [0.3, 0.4) is 0 Å². The molecule has 0 amide bonds. The molecule has 0 unspecified atom stereocenters. The number of hydrogen-bond acceptors (Lipinski definition) is 2. The van der Waals surface area contributed by atoms with E-state index < -0.39 is 0 Å². The minimum atomic E-state index is -0.0398. The van der Waals surface area contributed by atoms with Crippen LogP contribution in [0.25, 0.3) is 6.08 Å². The van der Waals surface area contributed by atoms with E-state index in [0.29, 0.717) is 5.56 Å². The third-order valence-corrected chi connectivity index (χ3v) is 2.60. The lowest BCUT2D eigenvalue weighted by Gasteiger charge is -1.98. The summed E-state index contributed by atoms with van der Waals surface area (Å²) in [6.07, 6.45) is 3.22. The summed E-state index contributed by atoms with van der Waals surface area (Å²) in [6.45, 7) is 1.95. The molecule has 0 saturated carbocycles. The fourth-order valence-electron chi connectivity index (χ4n) is 1.69. The Balaban J connectivity index is 2.17. The van der Waals surface area contributed by atoms with Crippen molar-refractivity contribution in [1.29, 1.82) is 0 Å². The Kier molecular flexibility index (Phi) is 3.58. The summed E-state index contributed by atoms with van der Waals surface area (Å²) in [6, 6.07) is 14.3. The molecule has 0 spiro atoms. The van der Waals surface area contributed by atoms with Gasteiger partial charge in [-0.05, 0) is 36.8 Å². The Labute approximate surface area is 106 Å². The predicted octanol–water partition coefficient (Wildman–Crippen LogP) is 3.60. The number of carbonyl (C=O) groups excluding carboxylic acids is 1. The van der Waals surface area contributed by atoms with Gasteiger partial charge in [-0.1, -0.05) is 42.0 Å². The van der Waals surface area contributed by atoms with Gasteiger partial charge in [0.25, 0.3) is 0 Å². The molecular weight excluding hydrogens is 224 g/mol. The van der Waals surface area contributed by atoms with E-state index in [4.69, 9.17) is 0 Å². The normalized spacial score (nSPS) is 10.7. The maximum Gasteiger partial charge on any atom is 0.185 e. The monoisotopic (exact) mass is 238 g/mol. The van der Waals surface area contributed by atoms with Crippen LogP contribution in [0.2, 0.25) is 0 Å². The van der Waals surface area contributed by atoms with E-state index in [0.717, 1.165) is 11.1 Å². The van der Waals surface area contributed by atoms with Crippen LogP contribution in [0, 0.1) is 6.92 Å². The van der Waals surface area contributed by atoms with Gasteiger partial charge >= 0.3 is 0 Å².